The monoisotopic (exact) mass is 418 g/mol. The zero-order chi connectivity index (χ0) is 21.3. The number of Topliss-reactive ketones (excluding diaryl/α,β-unsaturated/α-hetero) is 1. The molecule has 0 saturated heterocycles. The molecule has 1 unspecified atom stereocenters. The van der Waals surface area contributed by atoms with Gasteiger partial charge in [-0.2, -0.15) is 0 Å². The third-order valence-corrected chi connectivity index (χ3v) is 4.98. The van der Waals surface area contributed by atoms with E-state index in [1.807, 2.05) is 54.6 Å². The first kappa shape index (κ1) is 19.9. The molecule has 0 fully saturated rings. The SMILES string of the molecule is Cc1cc(OC(=O)C(C)Cl)cc2c1C(=O)/C(=C/c1ccc(-c3ccccc3)cc1)O2. The molecule has 0 amide bonds. The lowest BCUT2D eigenvalue weighted by Gasteiger charge is -2.08. The number of fused-ring (bicyclic) bond motifs is 1. The minimum Gasteiger partial charge on any atom is -0.452 e. The number of esters is 1. The predicted molar refractivity (Wildman–Crippen MR) is 117 cm³/mol. The van der Waals surface area contributed by atoms with Crippen LogP contribution in [0.25, 0.3) is 17.2 Å². The van der Waals surface area contributed by atoms with Gasteiger partial charge in [0.25, 0.3) is 0 Å². The van der Waals surface area contributed by atoms with Crippen molar-refractivity contribution in [3.05, 3.63) is 89.2 Å². The minimum atomic E-state index is -0.768. The number of benzene rings is 3. The summed E-state index contributed by atoms with van der Waals surface area (Å²) in [5.74, 6) is 0.143. The molecule has 30 heavy (non-hydrogen) atoms. The minimum absolute atomic E-state index is 0.196. The van der Waals surface area contributed by atoms with Gasteiger partial charge in [0.05, 0.1) is 5.56 Å². The van der Waals surface area contributed by atoms with Crippen LogP contribution in [0, 0.1) is 6.92 Å². The number of aryl methyl sites for hydroxylation is 1. The quantitative estimate of drug-likeness (QED) is 0.232. The van der Waals surface area contributed by atoms with E-state index in [4.69, 9.17) is 21.1 Å². The molecule has 1 aliphatic rings. The number of carbonyl (C=O) groups excluding carboxylic acids is 2. The Morgan fingerprint density at radius 2 is 1.70 bits per heavy atom. The first-order valence-corrected chi connectivity index (χ1v) is 9.96. The molecule has 4 rings (SSSR count). The van der Waals surface area contributed by atoms with Gasteiger partial charge in [-0.15, -0.1) is 11.6 Å². The topological polar surface area (TPSA) is 52.6 Å². The highest BCUT2D eigenvalue weighted by Crippen LogP contribution is 2.37. The lowest BCUT2D eigenvalue weighted by Crippen LogP contribution is -2.17. The van der Waals surface area contributed by atoms with Gasteiger partial charge in [-0.1, -0.05) is 54.6 Å². The van der Waals surface area contributed by atoms with Gasteiger partial charge in [0.15, 0.2) is 5.76 Å². The Morgan fingerprint density at radius 1 is 1.03 bits per heavy atom. The first-order valence-electron chi connectivity index (χ1n) is 9.52. The Kier molecular flexibility index (Phi) is 5.42. The molecule has 0 spiro atoms. The summed E-state index contributed by atoms with van der Waals surface area (Å²) in [6.45, 7) is 3.31. The number of hydrogen-bond donors (Lipinski definition) is 0. The number of halogens is 1. The second-order valence-electron chi connectivity index (χ2n) is 7.08. The third-order valence-electron chi connectivity index (χ3n) is 4.80. The average Bonchev–Trinajstić information content (AvgIpc) is 3.04. The molecule has 0 saturated carbocycles. The van der Waals surface area contributed by atoms with Crippen LogP contribution >= 0.6 is 11.6 Å². The Morgan fingerprint density at radius 3 is 2.37 bits per heavy atom. The molecule has 0 aliphatic carbocycles. The molecule has 4 nitrogen and oxygen atoms in total. The molecule has 3 aromatic carbocycles. The van der Waals surface area contributed by atoms with Gasteiger partial charge in [-0.3, -0.25) is 9.59 Å². The molecular weight excluding hydrogens is 400 g/mol. The number of ether oxygens (including phenoxy) is 2. The van der Waals surface area contributed by atoms with Gasteiger partial charge in [0.2, 0.25) is 5.78 Å². The van der Waals surface area contributed by atoms with Crippen LogP contribution in [0.4, 0.5) is 0 Å². The van der Waals surface area contributed by atoms with Crippen LogP contribution in [0.1, 0.15) is 28.4 Å². The summed E-state index contributed by atoms with van der Waals surface area (Å²) in [6, 6.07) is 21.1. The summed E-state index contributed by atoms with van der Waals surface area (Å²) >= 11 is 5.75. The third kappa shape index (κ3) is 4.00. The molecule has 3 aromatic rings. The zero-order valence-corrected chi connectivity index (χ0v) is 17.3. The molecule has 0 N–H and O–H groups in total. The van der Waals surface area contributed by atoms with Crippen molar-refractivity contribution >= 4 is 29.4 Å². The Hall–Kier alpha value is -3.37. The maximum atomic E-state index is 12.8. The zero-order valence-electron chi connectivity index (χ0n) is 16.5. The van der Waals surface area contributed by atoms with Crippen LogP contribution in [0.15, 0.2) is 72.5 Å². The van der Waals surface area contributed by atoms with Gasteiger partial charge in [0.1, 0.15) is 16.9 Å². The van der Waals surface area contributed by atoms with E-state index >= 15 is 0 Å². The molecule has 0 radical (unpaired) electrons. The van der Waals surface area contributed by atoms with Gasteiger partial charge in [-0.05, 0) is 48.2 Å². The number of hydrogen-bond acceptors (Lipinski definition) is 4. The normalized spacial score (nSPS) is 14.9. The number of allylic oxidation sites excluding steroid dienone is 1. The molecule has 5 heteroatoms. The van der Waals surface area contributed by atoms with Gasteiger partial charge >= 0.3 is 5.97 Å². The summed E-state index contributed by atoms with van der Waals surface area (Å²) in [6.07, 6.45) is 1.71. The Bertz CT molecular complexity index is 1150. The maximum absolute atomic E-state index is 12.8. The van der Waals surface area contributed by atoms with Crippen LogP contribution in [0.5, 0.6) is 11.5 Å². The van der Waals surface area contributed by atoms with E-state index in [0.29, 0.717) is 22.6 Å². The largest absolute Gasteiger partial charge is 0.452 e. The second-order valence-corrected chi connectivity index (χ2v) is 7.73. The van der Waals surface area contributed by atoms with Crippen molar-refractivity contribution in [3.63, 3.8) is 0 Å². The molecular formula is C25H19ClO4. The first-order chi connectivity index (χ1) is 14.4. The van der Waals surface area contributed by atoms with E-state index < -0.39 is 11.3 Å². The molecule has 150 valence electrons. The van der Waals surface area contributed by atoms with E-state index in [2.05, 4.69) is 0 Å². The molecule has 0 bridgehead atoms. The van der Waals surface area contributed by atoms with Crippen molar-refractivity contribution in [1.29, 1.82) is 0 Å². The second kappa shape index (κ2) is 8.17. The van der Waals surface area contributed by atoms with Crippen molar-refractivity contribution in [2.75, 3.05) is 0 Å². The molecule has 1 heterocycles. The van der Waals surface area contributed by atoms with Crippen molar-refractivity contribution < 1.29 is 19.1 Å². The standard InChI is InChI=1S/C25H19ClO4/c1-15-12-20(29-25(28)16(2)26)14-21-23(15)24(27)22(30-21)13-17-8-10-19(11-9-17)18-6-4-3-5-7-18/h3-14,16H,1-2H3/b22-13-. The number of carbonyl (C=O) groups is 2. The van der Waals surface area contributed by atoms with Crippen molar-refractivity contribution in [1.82, 2.24) is 0 Å². The highest BCUT2D eigenvalue weighted by atomic mass is 35.5. The van der Waals surface area contributed by atoms with E-state index in [1.54, 1.807) is 19.1 Å². The fourth-order valence-electron chi connectivity index (χ4n) is 3.29. The van der Waals surface area contributed by atoms with Crippen molar-refractivity contribution in [3.8, 4) is 22.6 Å². The van der Waals surface area contributed by atoms with E-state index in [-0.39, 0.29) is 11.5 Å². The lowest BCUT2D eigenvalue weighted by molar-refractivity contribution is -0.133. The summed E-state index contributed by atoms with van der Waals surface area (Å²) < 4.78 is 11.0. The number of ketones is 1. The van der Waals surface area contributed by atoms with Crippen LogP contribution in [0.2, 0.25) is 0 Å². The maximum Gasteiger partial charge on any atom is 0.329 e. The van der Waals surface area contributed by atoms with Crippen molar-refractivity contribution in [2.24, 2.45) is 0 Å². The van der Waals surface area contributed by atoms with Gasteiger partial charge in [0, 0.05) is 6.07 Å². The molecule has 1 atom stereocenters. The van der Waals surface area contributed by atoms with Crippen LogP contribution in [-0.2, 0) is 4.79 Å². The van der Waals surface area contributed by atoms with E-state index in [0.717, 1.165) is 16.7 Å². The smallest absolute Gasteiger partial charge is 0.329 e. The van der Waals surface area contributed by atoms with E-state index in [1.165, 1.54) is 13.0 Å². The summed E-state index contributed by atoms with van der Waals surface area (Å²) in [4.78, 5) is 24.6. The highest BCUT2D eigenvalue weighted by Gasteiger charge is 2.30. The molecule has 0 aromatic heterocycles. The van der Waals surface area contributed by atoms with Gasteiger partial charge < -0.3 is 9.47 Å². The predicted octanol–water partition coefficient (Wildman–Crippen LogP) is 5.81. The summed E-state index contributed by atoms with van der Waals surface area (Å²) in [5.41, 5.74) is 4.22. The fraction of sp³-hybridized carbons (Fsp3) is 0.120. The van der Waals surface area contributed by atoms with Crippen LogP contribution < -0.4 is 9.47 Å². The highest BCUT2D eigenvalue weighted by molar-refractivity contribution is 6.29. The number of rotatable bonds is 4. The van der Waals surface area contributed by atoms with Crippen LogP contribution in [0.3, 0.4) is 0 Å². The summed E-state index contributed by atoms with van der Waals surface area (Å²) in [7, 11) is 0. The van der Waals surface area contributed by atoms with Crippen molar-refractivity contribution in [2.45, 2.75) is 19.2 Å². The Balaban J connectivity index is 1.58. The van der Waals surface area contributed by atoms with Crippen LogP contribution in [-0.4, -0.2) is 17.1 Å². The molecule has 1 aliphatic heterocycles. The average molecular weight is 419 g/mol. The Labute approximate surface area is 179 Å². The fourth-order valence-corrected chi connectivity index (χ4v) is 3.33. The summed E-state index contributed by atoms with van der Waals surface area (Å²) in [5, 5.41) is -0.768. The lowest BCUT2D eigenvalue weighted by atomic mass is 10.0. The van der Waals surface area contributed by atoms with Gasteiger partial charge in [-0.25, -0.2) is 0 Å². The van der Waals surface area contributed by atoms with E-state index in [9.17, 15) is 9.59 Å². The number of alkyl halides is 1.